The van der Waals surface area contributed by atoms with Gasteiger partial charge in [-0.15, -0.1) is 0 Å². The SMILES string of the molecule is CC[Si](COC)(COC)OC. The van der Waals surface area contributed by atoms with Crippen LogP contribution in [0.25, 0.3) is 0 Å². The van der Waals surface area contributed by atoms with Crippen molar-refractivity contribution in [3.8, 4) is 0 Å². The summed E-state index contributed by atoms with van der Waals surface area (Å²) in [4.78, 5) is 0. The Morgan fingerprint density at radius 1 is 1.00 bits per heavy atom. The van der Waals surface area contributed by atoms with Gasteiger partial charge < -0.3 is 13.9 Å². The smallest absolute Gasteiger partial charge is 0.242 e. The second kappa shape index (κ2) is 5.71. The molecule has 0 saturated carbocycles. The molecule has 11 heavy (non-hydrogen) atoms. The minimum absolute atomic E-state index is 0.716. The van der Waals surface area contributed by atoms with Crippen molar-refractivity contribution in [2.24, 2.45) is 0 Å². The van der Waals surface area contributed by atoms with E-state index in [0.29, 0.717) is 12.5 Å². The van der Waals surface area contributed by atoms with E-state index in [1.807, 2.05) is 0 Å². The summed E-state index contributed by atoms with van der Waals surface area (Å²) in [5.41, 5.74) is 0. The molecule has 0 heterocycles. The number of ether oxygens (including phenoxy) is 2. The normalized spacial score (nSPS) is 12.0. The highest BCUT2D eigenvalue weighted by molar-refractivity contribution is 6.73. The summed E-state index contributed by atoms with van der Waals surface area (Å²) >= 11 is 0. The van der Waals surface area contributed by atoms with Gasteiger partial charge in [-0.1, -0.05) is 6.92 Å². The first-order chi connectivity index (χ1) is 5.24. The van der Waals surface area contributed by atoms with Crippen molar-refractivity contribution in [3.05, 3.63) is 0 Å². The second-order valence-electron chi connectivity index (χ2n) is 2.61. The molecule has 0 atom stereocenters. The van der Waals surface area contributed by atoms with E-state index in [4.69, 9.17) is 13.9 Å². The Hall–Kier alpha value is 0.0969. The third-order valence-corrected chi connectivity index (χ3v) is 5.68. The highest BCUT2D eigenvalue weighted by atomic mass is 28.4. The maximum Gasteiger partial charge on any atom is 0.242 e. The standard InChI is InChI=1S/C7H18O3Si/c1-5-11(10-4,6-8-2)7-9-3/h5-7H2,1-4H3. The van der Waals surface area contributed by atoms with Crippen LogP contribution in [0, 0.1) is 0 Å². The van der Waals surface area contributed by atoms with Gasteiger partial charge in [-0.3, -0.25) is 0 Å². The average Bonchev–Trinajstić information content (AvgIpc) is 2.04. The van der Waals surface area contributed by atoms with E-state index in [9.17, 15) is 0 Å². The highest BCUT2D eigenvalue weighted by Gasteiger charge is 2.31. The van der Waals surface area contributed by atoms with Crippen molar-refractivity contribution in [1.29, 1.82) is 0 Å². The lowest BCUT2D eigenvalue weighted by Gasteiger charge is -2.26. The van der Waals surface area contributed by atoms with E-state index in [1.165, 1.54) is 0 Å². The Balaban J connectivity index is 3.96. The molecule has 68 valence electrons. The lowest BCUT2D eigenvalue weighted by Crippen LogP contribution is -2.47. The minimum atomic E-state index is -1.69. The molecule has 0 aliphatic carbocycles. The van der Waals surface area contributed by atoms with Gasteiger partial charge in [0, 0.05) is 21.3 Å². The number of rotatable bonds is 6. The van der Waals surface area contributed by atoms with Crippen molar-refractivity contribution in [3.63, 3.8) is 0 Å². The molecule has 0 N–H and O–H groups in total. The van der Waals surface area contributed by atoms with Gasteiger partial charge in [0.05, 0.1) is 12.5 Å². The molecule has 0 radical (unpaired) electrons. The molecule has 0 unspecified atom stereocenters. The predicted molar refractivity (Wildman–Crippen MR) is 47.0 cm³/mol. The summed E-state index contributed by atoms with van der Waals surface area (Å²) in [6, 6.07) is 1.03. The Kier molecular flexibility index (Phi) is 5.76. The van der Waals surface area contributed by atoms with Crippen molar-refractivity contribution in [2.75, 3.05) is 33.8 Å². The maximum absolute atomic E-state index is 5.46. The van der Waals surface area contributed by atoms with E-state index in [-0.39, 0.29) is 0 Å². The van der Waals surface area contributed by atoms with Crippen molar-refractivity contribution in [1.82, 2.24) is 0 Å². The van der Waals surface area contributed by atoms with Crippen LogP contribution in [0.2, 0.25) is 6.04 Å². The average molecular weight is 178 g/mol. The van der Waals surface area contributed by atoms with E-state index in [2.05, 4.69) is 6.92 Å². The Bertz CT molecular complexity index is 85.7. The molecule has 0 rings (SSSR count). The van der Waals surface area contributed by atoms with Crippen LogP contribution in [0.5, 0.6) is 0 Å². The summed E-state index contributed by atoms with van der Waals surface area (Å²) in [6.45, 7) is 2.12. The Morgan fingerprint density at radius 2 is 1.45 bits per heavy atom. The van der Waals surface area contributed by atoms with Crippen molar-refractivity contribution < 1.29 is 13.9 Å². The third kappa shape index (κ3) is 3.33. The lowest BCUT2D eigenvalue weighted by atomic mass is 11.0. The fourth-order valence-electron chi connectivity index (χ4n) is 1.03. The minimum Gasteiger partial charge on any atom is -0.415 e. The van der Waals surface area contributed by atoms with Crippen molar-refractivity contribution in [2.45, 2.75) is 13.0 Å². The largest absolute Gasteiger partial charge is 0.415 e. The summed E-state index contributed by atoms with van der Waals surface area (Å²) in [5, 5.41) is 0. The molecule has 0 saturated heterocycles. The summed E-state index contributed by atoms with van der Waals surface area (Å²) in [6.07, 6.45) is 1.43. The van der Waals surface area contributed by atoms with Crippen LogP contribution in [0.4, 0.5) is 0 Å². The predicted octanol–water partition coefficient (Wildman–Crippen LogP) is 0.969. The van der Waals surface area contributed by atoms with Crippen LogP contribution in [-0.2, 0) is 13.9 Å². The lowest BCUT2D eigenvalue weighted by molar-refractivity contribution is 0.181. The number of hydrogen-bond acceptors (Lipinski definition) is 3. The molecule has 0 fully saturated rings. The van der Waals surface area contributed by atoms with Gasteiger partial charge in [0.2, 0.25) is 8.32 Å². The van der Waals surface area contributed by atoms with E-state index >= 15 is 0 Å². The molecule has 0 aromatic heterocycles. The fraction of sp³-hybridized carbons (Fsp3) is 1.00. The zero-order valence-corrected chi connectivity index (χ0v) is 8.85. The van der Waals surface area contributed by atoms with Gasteiger partial charge in [-0.05, 0) is 6.04 Å². The van der Waals surface area contributed by atoms with Crippen LogP contribution >= 0.6 is 0 Å². The monoisotopic (exact) mass is 178 g/mol. The van der Waals surface area contributed by atoms with E-state index in [0.717, 1.165) is 6.04 Å². The summed E-state index contributed by atoms with van der Waals surface area (Å²) in [7, 11) is 3.46. The number of hydrogen-bond donors (Lipinski definition) is 0. The first-order valence-electron chi connectivity index (χ1n) is 3.77. The van der Waals surface area contributed by atoms with Gasteiger partial charge in [0.1, 0.15) is 0 Å². The molecule has 0 amide bonds. The quantitative estimate of drug-likeness (QED) is 0.567. The van der Waals surface area contributed by atoms with Crippen molar-refractivity contribution >= 4 is 8.32 Å². The molecular weight excluding hydrogens is 160 g/mol. The maximum atomic E-state index is 5.46. The van der Waals surface area contributed by atoms with Gasteiger partial charge in [0.25, 0.3) is 0 Å². The van der Waals surface area contributed by atoms with Gasteiger partial charge in [-0.25, -0.2) is 0 Å². The van der Waals surface area contributed by atoms with Crippen LogP contribution in [0.1, 0.15) is 6.92 Å². The molecule has 0 aliphatic rings. The van der Waals surface area contributed by atoms with E-state index < -0.39 is 8.32 Å². The fourth-order valence-corrected chi connectivity index (χ4v) is 3.10. The van der Waals surface area contributed by atoms with Crippen LogP contribution in [-0.4, -0.2) is 42.1 Å². The van der Waals surface area contributed by atoms with Gasteiger partial charge in [-0.2, -0.15) is 0 Å². The molecule has 0 bridgehead atoms. The van der Waals surface area contributed by atoms with Gasteiger partial charge >= 0.3 is 0 Å². The molecule has 0 aromatic carbocycles. The first-order valence-corrected chi connectivity index (χ1v) is 6.30. The van der Waals surface area contributed by atoms with Crippen LogP contribution < -0.4 is 0 Å². The molecule has 0 aromatic rings. The molecule has 0 spiro atoms. The molecular formula is C7H18O3Si. The topological polar surface area (TPSA) is 27.7 Å². The summed E-state index contributed by atoms with van der Waals surface area (Å²) in [5.74, 6) is 0. The highest BCUT2D eigenvalue weighted by Crippen LogP contribution is 2.10. The first kappa shape index (κ1) is 11.1. The molecule has 0 aliphatic heterocycles. The zero-order valence-electron chi connectivity index (χ0n) is 7.85. The Morgan fingerprint density at radius 3 is 1.64 bits per heavy atom. The van der Waals surface area contributed by atoms with E-state index in [1.54, 1.807) is 21.3 Å². The molecule has 3 nitrogen and oxygen atoms in total. The third-order valence-electron chi connectivity index (χ3n) is 1.89. The zero-order chi connectivity index (χ0) is 8.74. The Labute approximate surface area is 69.8 Å². The van der Waals surface area contributed by atoms with Gasteiger partial charge in [0.15, 0.2) is 0 Å². The molecule has 4 heteroatoms. The second-order valence-corrected chi connectivity index (χ2v) is 6.67. The number of methoxy groups -OCH3 is 2. The van der Waals surface area contributed by atoms with Crippen LogP contribution in [0.3, 0.4) is 0 Å². The summed E-state index contributed by atoms with van der Waals surface area (Å²) < 4.78 is 15.7. The van der Waals surface area contributed by atoms with Crippen LogP contribution in [0.15, 0.2) is 0 Å².